The number of carbonyl (C=O) groups is 1. The SMILES string of the molecule is C[C@H]1CCCN(c2ccc([C@H](C)NC(=O)c3ccc(CN4CCOCC4)cc3)cc2)C1. The number of anilines is 1. The highest BCUT2D eigenvalue weighted by atomic mass is 16.5. The van der Waals surface area contributed by atoms with Crippen LogP contribution in [0.15, 0.2) is 48.5 Å². The van der Waals surface area contributed by atoms with Gasteiger partial charge >= 0.3 is 0 Å². The first-order valence-corrected chi connectivity index (χ1v) is 11.6. The first-order valence-electron chi connectivity index (χ1n) is 11.6. The van der Waals surface area contributed by atoms with Crippen molar-refractivity contribution in [3.05, 3.63) is 65.2 Å². The Hall–Kier alpha value is -2.37. The average Bonchev–Trinajstić information content (AvgIpc) is 2.80. The second-order valence-corrected chi connectivity index (χ2v) is 9.07. The van der Waals surface area contributed by atoms with Crippen LogP contribution in [0, 0.1) is 5.92 Å². The molecule has 2 heterocycles. The highest BCUT2D eigenvalue weighted by Crippen LogP contribution is 2.24. The predicted molar refractivity (Wildman–Crippen MR) is 125 cm³/mol. The molecule has 2 aromatic carbocycles. The molecule has 0 bridgehead atoms. The summed E-state index contributed by atoms with van der Waals surface area (Å²) >= 11 is 0. The number of ether oxygens (including phenoxy) is 1. The van der Waals surface area contributed by atoms with Gasteiger partial charge in [-0.05, 0) is 61.1 Å². The number of hydrogen-bond donors (Lipinski definition) is 1. The number of nitrogens with zero attached hydrogens (tertiary/aromatic N) is 2. The lowest BCUT2D eigenvalue weighted by molar-refractivity contribution is 0.0342. The Kier molecular flexibility index (Phi) is 7.25. The molecule has 0 saturated carbocycles. The zero-order valence-electron chi connectivity index (χ0n) is 18.8. The van der Waals surface area contributed by atoms with E-state index >= 15 is 0 Å². The molecule has 4 rings (SSSR count). The van der Waals surface area contributed by atoms with Gasteiger partial charge in [-0.3, -0.25) is 9.69 Å². The summed E-state index contributed by atoms with van der Waals surface area (Å²) in [5, 5.41) is 3.14. The van der Waals surface area contributed by atoms with Gasteiger partial charge in [-0.25, -0.2) is 0 Å². The van der Waals surface area contributed by atoms with Crippen LogP contribution in [0.3, 0.4) is 0 Å². The van der Waals surface area contributed by atoms with Crippen LogP contribution in [-0.2, 0) is 11.3 Å². The van der Waals surface area contributed by atoms with E-state index < -0.39 is 0 Å². The van der Waals surface area contributed by atoms with Crippen molar-refractivity contribution >= 4 is 11.6 Å². The maximum absolute atomic E-state index is 12.7. The highest BCUT2D eigenvalue weighted by molar-refractivity contribution is 5.94. The van der Waals surface area contributed by atoms with E-state index in [0.29, 0.717) is 5.56 Å². The van der Waals surface area contributed by atoms with Gasteiger partial charge < -0.3 is 15.0 Å². The Morgan fingerprint density at radius 3 is 2.45 bits per heavy atom. The number of nitrogens with one attached hydrogen (secondary N) is 1. The normalized spacial score (nSPS) is 21.0. The minimum Gasteiger partial charge on any atom is -0.379 e. The third-order valence-electron chi connectivity index (χ3n) is 6.49. The quantitative estimate of drug-likeness (QED) is 0.758. The van der Waals surface area contributed by atoms with Crippen molar-refractivity contribution in [1.82, 2.24) is 10.2 Å². The number of benzene rings is 2. The van der Waals surface area contributed by atoms with E-state index in [1.807, 2.05) is 19.1 Å². The molecule has 0 aromatic heterocycles. The molecule has 2 aliphatic rings. The molecule has 5 heteroatoms. The standard InChI is InChI=1S/C26H35N3O2/c1-20-4-3-13-29(18-20)25-11-9-23(10-12-25)21(2)27-26(30)24-7-5-22(6-8-24)19-28-14-16-31-17-15-28/h5-12,20-21H,3-4,13-19H2,1-2H3,(H,27,30)/t20-,21-/m0/s1. The monoisotopic (exact) mass is 421 g/mol. The molecule has 0 unspecified atom stereocenters. The van der Waals surface area contributed by atoms with E-state index in [4.69, 9.17) is 4.74 Å². The summed E-state index contributed by atoms with van der Waals surface area (Å²) in [5.74, 6) is 0.728. The number of piperidine rings is 1. The Labute approximate surface area is 186 Å². The fourth-order valence-corrected chi connectivity index (χ4v) is 4.54. The summed E-state index contributed by atoms with van der Waals surface area (Å²) in [6.45, 7) is 11.1. The summed E-state index contributed by atoms with van der Waals surface area (Å²) in [6.07, 6.45) is 2.59. The smallest absolute Gasteiger partial charge is 0.251 e. The van der Waals surface area contributed by atoms with Gasteiger partial charge in [-0.15, -0.1) is 0 Å². The summed E-state index contributed by atoms with van der Waals surface area (Å²) in [6, 6.07) is 16.6. The van der Waals surface area contributed by atoms with Gasteiger partial charge in [0.1, 0.15) is 0 Å². The molecule has 0 aliphatic carbocycles. The molecule has 2 aliphatic heterocycles. The molecular formula is C26H35N3O2. The van der Waals surface area contributed by atoms with E-state index in [1.54, 1.807) is 0 Å². The largest absolute Gasteiger partial charge is 0.379 e. The van der Waals surface area contributed by atoms with Crippen LogP contribution in [0.4, 0.5) is 5.69 Å². The minimum absolute atomic E-state index is 0.0284. The highest BCUT2D eigenvalue weighted by Gasteiger charge is 2.17. The van der Waals surface area contributed by atoms with Crippen LogP contribution in [0.1, 0.15) is 54.2 Å². The van der Waals surface area contributed by atoms with Gasteiger partial charge in [0, 0.05) is 44.0 Å². The molecular weight excluding hydrogens is 386 g/mol. The van der Waals surface area contributed by atoms with Gasteiger partial charge in [0.2, 0.25) is 0 Å². The maximum atomic E-state index is 12.7. The fraction of sp³-hybridized carbons (Fsp3) is 0.500. The maximum Gasteiger partial charge on any atom is 0.251 e. The lowest BCUT2D eigenvalue weighted by Gasteiger charge is -2.33. The predicted octanol–water partition coefficient (Wildman–Crippen LogP) is 4.25. The molecule has 2 aromatic rings. The summed E-state index contributed by atoms with van der Waals surface area (Å²) < 4.78 is 5.41. The van der Waals surface area contributed by atoms with Crippen molar-refractivity contribution in [2.45, 2.75) is 39.3 Å². The van der Waals surface area contributed by atoms with Crippen LogP contribution in [0.2, 0.25) is 0 Å². The Morgan fingerprint density at radius 1 is 1.06 bits per heavy atom. The first kappa shape index (κ1) is 21.8. The van der Waals surface area contributed by atoms with Crippen LogP contribution in [-0.4, -0.2) is 50.2 Å². The number of hydrogen-bond acceptors (Lipinski definition) is 4. The van der Waals surface area contributed by atoms with Crippen LogP contribution in [0.25, 0.3) is 0 Å². The number of carbonyl (C=O) groups excluding carboxylic acids is 1. The number of rotatable bonds is 6. The van der Waals surface area contributed by atoms with Crippen molar-refractivity contribution in [2.24, 2.45) is 5.92 Å². The Bertz CT molecular complexity index is 844. The van der Waals surface area contributed by atoms with Gasteiger partial charge in [0.15, 0.2) is 0 Å². The van der Waals surface area contributed by atoms with Crippen LogP contribution < -0.4 is 10.2 Å². The van der Waals surface area contributed by atoms with E-state index in [-0.39, 0.29) is 11.9 Å². The van der Waals surface area contributed by atoms with Crippen molar-refractivity contribution in [1.29, 1.82) is 0 Å². The number of amides is 1. The Morgan fingerprint density at radius 2 is 1.77 bits per heavy atom. The third-order valence-corrected chi connectivity index (χ3v) is 6.49. The second kappa shape index (κ2) is 10.3. The van der Waals surface area contributed by atoms with Gasteiger partial charge in [0.25, 0.3) is 5.91 Å². The molecule has 31 heavy (non-hydrogen) atoms. The molecule has 2 atom stereocenters. The van der Waals surface area contributed by atoms with E-state index in [1.165, 1.54) is 24.1 Å². The lowest BCUT2D eigenvalue weighted by atomic mass is 9.99. The average molecular weight is 422 g/mol. The molecule has 1 amide bonds. The molecule has 0 spiro atoms. The van der Waals surface area contributed by atoms with Crippen LogP contribution in [0.5, 0.6) is 0 Å². The molecule has 1 N–H and O–H groups in total. The topological polar surface area (TPSA) is 44.8 Å². The zero-order valence-corrected chi connectivity index (χ0v) is 18.8. The fourth-order valence-electron chi connectivity index (χ4n) is 4.54. The van der Waals surface area contributed by atoms with Crippen LogP contribution >= 0.6 is 0 Å². The molecule has 5 nitrogen and oxygen atoms in total. The lowest BCUT2D eigenvalue weighted by Crippen LogP contribution is -2.35. The van der Waals surface area contributed by atoms with E-state index in [9.17, 15) is 4.79 Å². The summed E-state index contributed by atoms with van der Waals surface area (Å²) in [4.78, 5) is 17.6. The van der Waals surface area contributed by atoms with E-state index in [0.717, 1.165) is 57.4 Å². The van der Waals surface area contributed by atoms with Gasteiger partial charge in [0.05, 0.1) is 19.3 Å². The van der Waals surface area contributed by atoms with Gasteiger partial charge in [-0.1, -0.05) is 31.2 Å². The third kappa shape index (κ3) is 5.86. The number of morpholine rings is 1. The van der Waals surface area contributed by atoms with Gasteiger partial charge in [-0.2, -0.15) is 0 Å². The molecule has 2 saturated heterocycles. The zero-order chi connectivity index (χ0) is 21.6. The Balaban J connectivity index is 1.31. The van der Waals surface area contributed by atoms with Crippen molar-refractivity contribution in [2.75, 3.05) is 44.3 Å². The molecule has 2 fully saturated rings. The van der Waals surface area contributed by atoms with E-state index in [2.05, 4.69) is 58.4 Å². The first-order chi connectivity index (χ1) is 15.1. The molecule has 166 valence electrons. The summed E-state index contributed by atoms with van der Waals surface area (Å²) in [7, 11) is 0. The van der Waals surface area contributed by atoms with Crippen molar-refractivity contribution < 1.29 is 9.53 Å². The second-order valence-electron chi connectivity index (χ2n) is 9.07. The van der Waals surface area contributed by atoms with Crippen molar-refractivity contribution in [3.8, 4) is 0 Å². The minimum atomic E-state index is -0.0325. The summed E-state index contributed by atoms with van der Waals surface area (Å²) in [5.41, 5.74) is 4.35. The molecule has 0 radical (unpaired) electrons. The van der Waals surface area contributed by atoms with Crippen molar-refractivity contribution in [3.63, 3.8) is 0 Å².